The number of fused-ring (bicyclic) bond motifs is 1. The van der Waals surface area contributed by atoms with Crippen LogP contribution in [0.15, 0.2) is 27.9 Å². The number of hydrogen-bond acceptors (Lipinski definition) is 15. The van der Waals surface area contributed by atoms with Gasteiger partial charge < -0.3 is 25.4 Å². The topological polar surface area (TPSA) is 188 Å². The number of thioether (sulfide) groups is 1. The summed E-state index contributed by atoms with van der Waals surface area (Å²) in [4.78, 5) is 61.9. The molecule has 41 heavy (non-hydrogen) atoms. The molecule has 14 nitrogen and oxygen atoms in total. The lowest BCUT2D eigenvalue weighted by Crippen LogP contribution is -2.70. The fourth-order valence-corrected chi connectivity index (χ4v) is 5.84. The molecule has 0 aromatic carbocycles. The lowest BCUT2D eigenvalue weighted by Gasteiger charge is -2.49. The van der Waals surface area contributed by atoms with E-state index >= 15 is 0 Å². The van der Waals surface area contributed by atoms with Gasteiger partial charge in [0.05, 0.1) is 11.1 Å². The molecule has 2 amide bonds. The molecule has 17 heteroatoms. The molecule has 0 aliphatic carbocycles. The van der Waals surface area contributed by atoms with E-state index in [1.54, 1.807) is 38.3 Å². The summed E-state index contributed by atoms with van der Waals surface area (Å²) in [5.74, 6) is -2.24. The average Bonchev–Trinajstić information content (AvgIpc) is 3.54. The number of carbonyl (C=O) groups excluding carboxylic acids is 4. The van der Waals surface area contributed by atoms with E-state index in [-0.39, 0.29) is 12.3 Å². The smallest absolute Gasteiger partial charge is 0.358 e. The van der Waals surface area contributed by atoms with Gasteiger partial charge in [0.25, 0.3) is 11.8 Å². The van der Waals surface area contributed by atoms with E-state index in [4.69, 9.17) is 20.0 Å². The van der Waals surface area contributed by atoms with E-state index in [0.717, 1.165) is 11.1 Å². The second-order valence-corrected chi connectivity index (χ2v) is 12.7. The van der Waals surface area contributed by atoms with Crippen LogP contribution in [0, 0.1) is 12.3 Å². The fourth-order valence-electron chi connectivity index (χ4n) is 3.52. The number of aryl methyl sites for hydroxylation is 1. The van der Waals surface area contributed by atoms with Crippen molar-refractivity contribution in [3.05, 3.63) is 39.0 Å². The van der Waals surface area contributed by atoms with E-state index in [9.17, 15) is 19.2 Å². The number of esters is 2. The van der Waals surface area contributed by atoms with Crippen molar-refractivity contribution in [2.24, 2.45) is 10.6 Å². The van der Waals surface area contributed by atoms with Gasteiger partial charge in [-0.3, -0.25) is 19.3 Å². The maximum absolute atomic E-state index is 13.2. The van der Waals surface area contributed by atoms with Crippen LogP contribution in [0.1, 0.15) is 37.0 Å². The molecular weight excluding hydrogens is 595 g/mol. The lowest BCUT2D eigenvalue weighted by atomic mass is 9.98. The number of hydrogen-bond donors (Lipinski definition) is 2. The van der Waals surface area contributed by atoms with Gasteiger partial charge in [-0.2, -0.15) is 0 Å². The molecule has 2 atom stereocenters. The number of nitrogens with zero attached hydrogens (tertiary/aromatic N) is 5. The first kappa shape index (κ1) is 30.1. The minimum Gasteiger partial charge on any atom is -0.427 e. The zero-order valence-electron chi connectivity index (χ0n) is 22.5. The highest BCUT2D eigenvalue weighted by atomic mass is 32.2. The molecule has 2 aromatic heterocycles. The van der Waals surface area contributed by atoms with Crippen LogP contribution in [-0.4, -0.2) is 73.4 Å². The minimum atomic E-state index is -0.908. The summed E-state index contributed by atoms with van der Waals surface area (Å²) in [6.07, 6.45) is 4.28. The third-order valence-electron chi connectivity index (χ3n) is 5.64. The SMILES string of the molecule is Cc1snnc1/C=C\C1=C(C(=O)OCOC(=O)C(C)(C)C)N2C(=O)C(NC(=O)/C=N\OCc3csc(N)n3)C2SC1. The monoisotopic (exact) mass is 621 g/mol. The molecule has 0 spiro atoms. The Kier molecular flexibility index (Phi) is 9.39. The van der Waals surface area contributed by atoms with Gasteiger partial charge in [0.2, 0.25) is 6.79 Å². The average molecular weight is 622 g/mol. The van der Waals surface area contributed by atoms with Crippen LogP contribution in [0.3, 0.4) is 0 Å². The minimum absolute atomic E-state index is 0.00677. The number of anilines is 1. The number of rotatable bonds is 10. The third kappa shape index (κ3) is 7.28. The van der Waals surface area contributed by atoms with E-state index in [1.807, 2.05) is 6.92 Å². The molecule has 2 aromatic rings. The van der Waals surface area contributed by atoms with Crippen LogP contribution >= 0.6 is 34.6 Å². The Hall–Kier alpha value is -3.83. The molecule has 4 heterocycles. The van der Waals surface area contributed by atoms with Crippen molar-refractivity contribution in [1.29, 1.82) is 0 Å². The Labute approximate surface area is 247 Å². The molecule has 218 valence electrons. The highest BCUT2D eigenvalue weighted by Gasteiger charge is 2.54. The van der Waals surface area contributed by atoms with Gasteiger partial charge in [-0.25, -0.2) is 9.78 Å². The normalized spacial score (nSPS) is 18.8. The van der Waals surface area contributed by atoms with Crippen molar-refractivity contribution in [2.75, 3.05) is 18.3 Å². The summed E-state index contributed by atoms with van der Waals surface area (Å²) in [5, 5.41) is 11.8. The number of oxime groups is 1. The molecule has 0 saturated carbocycles. The Morgan fingerprint density at radius 2 is 2.05 bits per heavy atom. The Morgan fingerprint density at radius 3 is 2.71 bits per heavy atom. The van der Waals surface area contributed by atoms with Crippen molar-refractivity contribution in [3.8, 4) is 0 Å². The zero-order chi connectivity index (χ0) is 29.7. The predicted molar refractivity (Wildman–Crippen MR) is 152 cm³/mol. The van der Waals surface area contributed by atoms with Crippen LogP contribution < -0.4 is 11.1 Å². The molecule has 1 saturated heterocycles. The van der Waals surface area contributed by atoms with Crippen molar-refractivity contribution >= 4 is 75.8 Å². The number of nitrogens with one attached hydrogen (secondary N) is 1. The zero-order valence-corrected chi connectivity index (χ0v) is 24.9. The van der Waals surface area contributed by atoms with Crippen molar-refractivity contribution in [3.63, 3.8) is 0 Å². The standard InChI is InChI=1S/C24H27N7O7S3/c1-12-15(29-30-41-12)6-5-13-9-39-20-17(28-16(32)7-26-38-8-14-10-40-23(25)27-14)19(33)31(20)18(13)21(34)36-11-37-22(35)24(2,3)4/h5-7,10,17,20H,8-9,11H2,1-4H3,(H2,25,27)(H,28,32)/b6-5-,26-7-. The predicted octanol–water partition coefficient (Wildman–Crippen LogP) is 1.85. The van der Waals surface area contributed by atoms with Gasteiger partial charge in [0, 0.05) is 16.0 Å². The van der Waals surface area contributed by atoms with Crippen LogP contribution in [-0.2, 0) is 40.1 Å². The number of β-lactam (4-membered cyclic amide) rings is 1. The first-order valence-electron chi connectivity index (χ1n) is 12.1. The van der Waals surface area contributed by atoms with Crippen LogP contribution in [0.25, 0.3) is 6.08 Å². The number of amides is 2. The van der Waals surface area contributed by atoms with Crippen LogP contribution in [0.5, 0.6) is 0 Å². The maximum atomic E-state index is 13.2. The summed E-state index contributed by atoms with van der Waals surface area (Å²) in [6.45, 7) is 6.28. The molecular formula is C24H27N7O7S3. The number of ether oxygens (including phenoxy) is 2. The van der Waals surface area contributed by atoms with Crippen molar-refractivity contribution in [1.82, 2.24) is 24.8 Å². The third-order valence-corrected chi connectivity index (χ3v) is 8.31. The van der Waals surface area contributed by atoms with Crippen molar-refractivity contribution < 1.29 is 33.5 Å². The summed E-state index contributed by atoms with van der Waals surface area (Å²) in [7, 11) is 0. The van der Waals surface area contributed by atoms with Crippen LogP contribution in [0.4, 0.5) is 5.13 Å². The van der Waals surface area contributed by atoms with Crippen molar-refractivity contribution in [2.45, 2.75) is 45.7 Å². The van der Waals surface area contributed by atoms with E-state index < -0.39 is 47.4 Å². The fraction of sp³-hybridized carbons (Fsp3) is 0.417. The highest BCUT2D eigenvalue weighted by Crippen LogP contribution is 2.41. The van der Waals surface area contributed by atoms with Gasteiger partial charge in [-0.1, -0.05) is 15.7 Å². The summed E-state index contributed by atoms with van der Waals surface area (Å²) < 4.78 is 14.2. The lowest BCUT2D eigenvalue weighted by molar-refractivity contribution is -0.173. The Bertz CT molecular complexity index is 1430. The quantitative estimate of drug-likeness (QED) is 0.129. The Morgan fingerprint density at radius 1 is 1.27 bits per heavy atom. The molecule has 2 aliphatic heterocycles. The number of nitrogen functional groups attached to an aromatic ring is 1. The first-order valence-corrected chi connectivity index (χ1v) is 14.8. The summed E-state index contributed by atoms with van der Waals surface area (Å²) >= 11 is 3.84. The summed E-state index contributed by atoms with van der Waals surface area (Å²) in [6, 6.07) is -0.908. The van der Waals surface area contributed by atoms with Gasteiger partial charge in [0.1, 0.15) is 29.0 Å². The van der Waals surface area contributed by atoms with Gasteiger partial charge >= 0.3 is 11.9 Å². The second kappa shape index (κ2) is 12.8. The number of thiazole rings is 1. The van der Waals surface area contributed by atoms with Gasteiger partial charge in [-0.15, -0.1) is 28.2 Å². The largest absolute Gasteiger partial charge is 0.427 e. The molecule has 0 radical (unpaired) electrons. The molecule has 4 rings (SSSR count). The van der Waals surface area contributed by atoms with Crippen LogP contribution in [0.2, 0.25) is 0 Å². The number of carbonyl (C=O) groups is 4. The molecule has 2 aliphatic rings. The molecule has 2 unspecified atom stereocenters. The maximum Gasteiger partial charge on any atom is 0.358 e. The van der Waals surface area contributed by atoms with Gasteiger partial charge in [-0.05, 0) is 50.9 Å². The number of allylic oxidation sites excluding steroid dienone is 1. The van der Waals surface area contributed by atoms with E-state index in [0.29, 0.717) is 27.8 Å². The number of aromatic nitrogens is 3. The van der Waals surface area contributed by atoms with E-state index in [2.05, 4.69) is 25.0 Å². The highest BCUT2D eigenvalue weighted by molar-refractivity contribution is 8.00. The number of nitrogens with two attached hydrogens (primary N) is 1. The van der Waals surface area contributed by atoms with E-state index in [1.165, 1.54) is 39.5 Å². The van der Waals surface area contributed by atoms with Gasteiger partial charge in [0.15, 0.2) is 11.7 Å². The molecule has 3 N–H and O–H groups in total. The first-order chi connectivity index (χ1) is 19.5. The second-order valence-electron chi connectivity index (χ2n) is 9.73. The molecule has 0 bridgehead atoms. The molecule has 1 fully saturated rings. The Balaban J connectivity index is 1.43. The summed E-state index contributed by atoms with van der Waals surface area (Å²) in [5.41, 5.74) is 6.46.